The minimum absolute atomic E-state index is 0.554. The van der Waals surface area contributed by atoms with Crippen LogP contribution in [0.5, 0.6) is 5.75 Å². The van der Waals surface area contributed by atoms with Crippen LogP contribution in [0.3, 0.4) is 0 Å². The van der Waals surface area contributed by atoms with E-state index in [4.69, 9.17) is 10.5 Å². The first-order valence-electron chi connectivity index (χ1n) is 10.4. The van der Waals surface area contributed by atoms with E-state index in [0.29, 0.717) is 5.84 Å². The molecule has 0 radical (unpaired) electrons. The van der Waals surface area contributed by atoms with Crippen molar-refractivity contribution in [3.8, 4) is 5.75 Å². The van der Waals surface area contributed by atoms with Crippen LogP contribution in [0.1, 0.15) is 16.0 Å². The van der Waals surface area contributed by atoms with Gasteiger partial charge in [0.2, 0.25) is 0 Å². The highest BCUT2D eigenvalue weighted by molar-refractivity contribution is 7.99. The van der Waals surface area contributed by atoms with Gasteiger partial charge in [0, 0.05) is 15.4 Å². The molecule has 4 nitrogen and oxygen atoms in total. The summed E-state index contributed by atoms with van der Waals surface area (Å²) in [6.07, 6.45) is 1.81. The van der Waals surface area contributed by atoms with Gasteiger partial charge in [-0.3, -0.25) is 0 Å². The highest BCUT2D eigenvalue weighted by Crippen LogP contribution is 2.48. The van der Waals surface area contributed by atoms with Crippen LogP contribution in [-0.2, 0) is 12.8 Å². The van der Waals surface area contributed by atoms with Crippen molar-refractivity contribution >= 4 is 46.0 Å². The van der Waals surface area contributed by atoms with Crippen molar-refractivity contribution in [2.24, 2.45) is 10.7 Å². The lowest BCUT2D eigenvalue weighted by atomic mass is 10.0. The molecule has 1 aromatic heterocycles. The molecule has 0 unspecified atom stereocenters. The summed E-state index contributed by atoms with van der Waals surface area (Å²) in [7, 11) is 1.74. The zero-order valence-corrected chi connectivity index (χ0v) is 19.3. The average molecular weight is 458 g/mol. The highest BCUT2D eigenvalue weighted by atomic mass is 32.2. The number of anilines is 2. The van der Waals surface area contributed by atoms with E-state index in [2.05, 4.69) is 58.8 Å². The largest absolute Gasteiger partial charge is 0.496 e. The van der Waals surface area contributed by atoms with E-state index < -0.39 is 0 Å². The molecule has 0 saturated carbocycles. The van der Waals surface area contributed by atoms with E-state index in [0.717, 1.165) is 40.5 Å². The number of nitrogens with zero attached hydrogens (tertiary/aromatic N) is 1. The molecular formula is C26H23N3OS2. The Labute approximate surface area is 196 Å². The summed E-state index contributed by atoms with van der Waals surface area (Å²) < 4.78 is 5.71. The molecule has 0 atom stereocenters. The first-order valence-corrected chi connectivity index (χ1v) is 12.1. The Morgan fingerprint density at radius 3 is 2.56 bits per heavy atom. The summed E-state index contributed by atoms with van der Waals surface area (Å²) in [6, 6.07) is 24.8. The smallest absolute Gasteiger partial charge is 0.141 e. The maximum atomic E-state index is 6.11. The Kier molecular flexibility index (Phi) is 5.88. The van der Waals surface area contributed by atoms with Crippen LogP contribution < -0.4 is 15.8 Å². The number of methoxy groups -OCH3 is 1. The van der Waals surface area contributed by atoms with E-state index in [1.807, 2.05) is 41.4 Å². The number of ether oxygens (including phenoxy) is 1. The monoisotopic (exact) mass is 457 g/mol. The number of aryl methyl sites for hydroxylation is 1. The van der Waals surface area contributed by atoms with Gasteiger partial charge >= 0.3 is 0 Å². The van der Waals surface area contributed by atoms with Crippen molar-refractivity contribution in [2.75, 3.05) is 12.4 Å². The zero-order valence-electron chi connectivity index (χ0n) is 17.7. The second-order valence-corrected chi connectivity index (χ2v) is 9.49. The normalized spacial score (nSPS) is 12.6. The number of hydrogen-bond donors (Lipinski definition) is 2. The van der Waals surface area contributed by atoms with Gasteiger partial charge in [0.05, 0.1) is 29.0 Å². The molecule has 0 aliphatic carbocycles. The highest BCUT2D eigenvalue weighted by Gasteiger charge is 2.21. The van der Waals surface area contributed by atoms with Crippen molar-refractivity contribution in [1.82, 2.24) is 0 Å². The van der Waals surface area contributed by atoms with Crippen molar-refractivity contribution in [1.29, 1.82) is 0 Å². The fraction of sp³-hybridized carbons (Fsp3) is 0.115. The zero-order chi connectivity index (χ0) is 21.9. The average Bonchev–Trinajstić information content (AvgIpc) is 3.37. The van der Waals surface area contributed by atoms with Crippen molar-refractivity contribution in [3.63, 3.8) is 0 Å². The van der Waals surface area contributed by atoms with Crippen LogP contribution in [0.2, 0.25) is 0 Å². The third-order valence-electron chi connectivity index (χ3n) is 5.43. The van der Waals surface area contributed by atoms with Crippen LogP contribution in [0, 0.1) is 0 Å². The van der Waals surface area contributed by atoms with E-state index >= 15 is 0 Å². The lowest BCUT2D eigenvalue weighted by molar-refractivity contribution is 0.408. The van der Waals surface area contributed by atoms with Gasteiger partial charge in [-0.15, -0.1) is 11.3 Å². The summed E-state index contributed by atoms with van der Waals surface area (Å²) in [5.41, 5.74) is 11.8. The van der Waals surface area contributed by atoms with Gasteiger partial charge < -0.3 is 15.8 Å². The Balaban J connectivity index is 1.35. The van der Waals surface area contributed by atoms with Gasteiger partial charge in [0.15, 0.2) is 0 Å². The van der Waals surface area contributed by atoms with Crippen LogP contribution in [0.25, 0.3) is 0 Å². The molecule has 1 aliphatic rings. The molecule has 3 aromatic carbocycles. The molecule has 0 amide bonds. The Morgan fingerprint density at radius 1 is 0.938 bits per heavy atom. The molecular weight excluding hydrogens is 434 g/mol. The maximum absolute atomic E-state index is 6.11. The van der Waals surface area contributed by atoms with E-state index in [1.165, 1.54) is 20.9 Å². The second kappa shape index (κ2) is 9.10. The second-order valence-electron chi connectivity index (χ2n) is 7.49. The molecule has 2 heterocycles. The van der Waals surface area contributed by atoms with Gasteiger partial charge in [-0.1, -0.05) is 42.1 Å². The first-order chi connectivity index (χ1) is 15.7. The molecule has 4 aromatic rings. The fourth-order valence-electron chi connectivity index (χ4n) is 3.79. The Hall–Kier alpha value is -3.22. The molecule has 3 N–H and O–H groups in total. The molecule has 0 saturated heterocycles. The minimum atomic E-state index is 0.554. The number of rotatable bonds is 6. The van der Waals surface area contributed by atoms with E-state index in [-0.39, 0.29) is 0 Å². The van der Waals surface area contributed by atoms with Gasteiger partial charge in [-0.25, -0.2) is 4.99 Å². The van der Waals surface area contributed by atoms with Crippen molar-refractivity contribution < 1.29 is 4.74 Å². The summed E-state index contributed by atoms with van der Waals surface area (Å²) in [6.45, 7) is 0. The third-order valence-corrected chi connectivity index (χ3v) is 7.57. The Bertz CT molecular complexity index is 1260. The summed E-state index contributed by atoms with van der Waals surface area (Å²) >= 11 is 3.40. The van der Waals surface area contributed by atoms with Gasteiger partial charge in [-0.05, 0) is 66.2 Å². The number of nitrogens with two attached hydrogens (primary N) is 1. The summed E-state index contributed by atoms with van der Waals surface area (Å²) in [4.78, 5) is 8.01. The van der Waals surface area contributed by atoms with Crippen LogP contribution in [0.4, 0.5) is 17.1 Å². The lowest BCUT2D eigenvalue weighted by Gasteiger charge is -2.24. The topological polar surface area (TPSA) is 59.6 Å². The van der Waals surface area contributed by atoms with Crippen molar-refractivity contribution in [3.05, 3.63) is 94.2 Å². The van der Waals surface area contributed by atoms with Gasteiger partial charge in [-0.2, -0.15) is 0 Å². The van der Waals surface area contributed by atoms with E-state index in [9.17, 15) is 0 Å². The standard InChI is InChI=1S/C26H23N3OS2/c1-30-22-15-14-21-25(32-23-6-3-2-5-20(23)29-21)19(22)13-10-17-8-11-18(12-9-17)28-26(27)24-7-4-16-31-24/h2-9,11-12,14-16,29H,10,13H2,1H3,(H2,27,28). The van der Waals surface area contributed by atoms with E-state index in [1.54, 1.807) is 18.4 Å². The first kappa shape index (κ1) is 20.7. The van der Waals surface area contributed by atoms with Crippen LogP contribution in [0.15, 0.2) is 93.0 Å². The number of thiophene rings is 1. The number of para-hydroxylation sites is 1. The van der Waals surface area contributed by atoms with Gasteiger partial charge in [0.25, 0.3) is 0 Å². The molecule has 0 fully saturated rings. The van der Waals surface area contributed by atoms with Gasteiger partial charge in [0.1, 0.15) is 11.6 Å². The third kappa shape index (κ3) is 4.24. The maximum Gasteiger partial charge on any atom is 0.141 e. The number of amidine groups is 1. The SMILES string of the molecule is COc1ccc2c(c1CCc1ccc(N=C(N)c3cccs3)cc1)Sc1ccccc1N2. The number of aliphatic imine (C=N–C) groups is 1. The molecule has 1 aliphatic heterocycles. The molecule has 5 rings (SSSR count). The number of benzene rings is 3. The quantitative estimate of drug-likeness (QED) is 0.218. The van der Waals surface area contributed by atoms with Crippen LogP contribution >= 0.6 is 23.1 Å². The lowest BCUT2D eigenvalue weighted by Crippen LogP contribution is -2.10. The molecule has 0 bridgehead atoms. The summed E-state index contributed by atoms with van der Waals surface area (Å²) in [5.74, 6) is 1.49. The molecule has 6 heteroatoms. The number of nitrogens with one attached hydrogen (secondary N) is 1. The predicted molar refractivity (Wildman–Crippen MR) is 135 cm³/mol. The van der Waals surface area contributed by atoms with Crippen molar-refractivity contribution in [2.45, 2.75) is 22.6 Å². The fourth-order valence-corrected chi connectivity index (χ4v) is 5.57. The van der Waals surface area contributed by atoms with Crippen LogP contribution in [-0.4, -0.2) is 12.9 Å². The minimum Gasteiger partial charge on any atom is -0.496 e. The number of fused-ring (bicyclic) bond motifs is 2. The summed E-state index contributed by atoms with van der Waals surface area (Å²) in [5, 5.41) is 5.57. The molecule has 32 heavy (non-hydrogen) atoms. The molecule has 0 spiro atoms. The molecule has 160 valence electrons. The predicted octanol–water partition coefficient (Wildman–Crippen LogP) is 6.79. The number of hydrogen-bond acceptors (Lipinski definition) is 5. The Morgan fingerprint density at radius 2 is 1.78 bits per heavy atom.